The first-order valence-corrected chi connectivity index (χ1v) is 6.78. The Morgan fingerprint density at radius 1 is 1.38 bits per heavy atom. The molecule has 1 aliphatic heterocycles. The Bertz CT molecular complexity index is 243. The third kappa shape index (κ3) is 3.50. The molecule has 1 aliphatic rings. The molecular formula is C14H28N2. The maximum atomic E-state index is 4.55. The van der Waals surface area contributed by atoms with Crippen LogP contribution in [0.5, 0.6) is 0 Å². The molecular weight excluding hydrogens is 196 g/mol. The SMILES string of the molecule is CCCC(C)(C)CC1CCN=C(C)N1CC. The zero-order chi connectivity index (χ0) is 12.2. The Morgan fingerprint density at radius 3 is 2.62 bits per heavy atom. The van der Waals surface area contributed by atoms with E-state index in [0.29, 0.717) is 11.5 Å². The quantitative estimate of drug-likeness (QED) is 0.695. The predicted octanol–water partition coefficient (Wildman–Crippen LogP) is 3.72. The van der Waals surface area contributed by atoms with Gasteiger partial charge in [-0.15, -0.1) is 0 Å². The lowest BCUT2D eigenvalue weighted by Gasteiger charge is -2.40. The summed E-state index contributed by atoms with van der Waals surface area (Å²) in [5, 5.41) is 0. The molecule has 0 spiro atoms. The monoisotopic (exact) mass is 224 g/mol. The summed E-state index contributed by atoms with van der Waals surface area (Å²) in [4.78, 5) is 7.04. The van der Waals surface area contributed by atoms with Crippen molar-refractivity contribution in [3.05, 3.63) is 0 Å². The van der Waals surface area contributed by atoms with Crippen molar-refractivity contribution in [3.63, 3.8) is 0 Å². The van der Waals surface area contributed by atoms with Gasteiger partial charge in [-0.05, 0) is 38.5 Å². The summed E-state index contributed by atoms with van der Waals surface area (Å²) in [6.07, 6.45) is 5.16. The Balaban J connectivity index is 2.62. The molecule has 0 aromatic rings. The topological polar surface area (TPSA) is 15.6 Å². The molecule has 0 N–H and O–H groups in total. The molecule has 0 fully saturated rings. The molecule has 0 aromatic heterocycles. The standard InChI is InChI=1S/C14H28N2/c1-6-9-14(4,5)11-13-8-10-15-12(3)16(13)7-2/h13H,6-11H2,1-5H3. The van der Waals surface area contributed by atoms with E-state index in [9.17, 15) is 0 Å². The smallest absolute Gasteiger partial charge is 0.0959 e. The summed E-state index contributed by atoms with van der Waals surface area (Å²) in [5.74, 6) is 1.24. The minimum Gasteiger partial charge on any atom is -0.358 e. The molecule has 1 rings (SSSR count). The highest BCUT2D eigenvalue weighted by atomic mass is 15.2. The van der Waals surface area contributed by atoms with Gasteiger partial charge in [-0.25, -0.2) is 0 Å². The lowest BCUT2D eigenvalue weighted by molar-refractivity contribution is 0.186. The van der Waals surface area contributed by atoms with Gasteiger partial charge in [0.2, 0.25) is 0 Å². The molecule has 0 amide bonds. The van der Waals surface area contributed by atoms with Crippen molar-refractivity contribution in [2.45, 2.75) is 66.3 Å². The van der Waals surface area contributed by atoms with Gasteiger partial charge in [-0.1, -0.05) is 27.2 Å². The van der Waals surface area contributed by atoms with E-state index in [2.05, 4.69) is 44.5 Å². The van der Waals surface area contributed by atoms with E-state index >= 15 is 0 Å². The summed E-state index contributed by atoms with van der Waals surface area (Å²) < 4.78 is 0. The van der Waals surface area contributed by atoms with Crippen LogP contribution in [0.15, 0.2) is 4.99 Å². The van der Waals surface area contributed by atoms with Gasteiger partial charge in [0, 0.05) is 19.1 Å². The van der Waals surface area contributed by atoms with Gasteiger partial charge in [0.25, 0.3) is 0 Å². The van der Waals surface area contributed by atoms with Crippen LogP contribution < -0.4 is 0 Å². The third-order valence-corrected chi connectivity index (χ3v) is 3.72. The molecule has 16 heavy (non-hydrogen) atoms. The third-order valence-electron chi connectivity index (χ3n) is 3.72. The molecule has 0 aromatic carbocycles. The van der Waals surface area contributed by atoms with Crippen LogP contribution in [0.2, 0.25) is 0 Å². The summed E-state index contributed by atoms with van der Waals surface area (Å²) in [7, 11) is 0. The largest absolute Gasteiger partial charge is 0.358 e. The fraction of sp³-hybridized carbons (Fsp3) is 0.929. The van der Waals surface area contributed by atoms with Gasteiger partial charge >= 0.3 is 0 Å². The van der Waals surface area contributed by atoms with Gasteiger partial charge in [-0.3, -0.25) is 4.99 Å². The zero-order valence-corrected chi connectivity index (χ0v) is 11.7. The van der Waals surface area contributed by atoms with Gasteiger partial charge in [-0.2, -0.15) is 0 Å². The highest BCUT2D eigenvalue weighted by Gasteiger charge is 2.28. The lowest BCUT2D eigenvalue weighted by Crippen LogP contribution is -2.44. The molecule has 1 atom stereocenters. The van der Waals surface area contributed by atoms with E-state index < -0.39 is 0 Å². The number of aliphatic imine (C=N–C) groups is 1. The molecule has 0 aliphatic carbocycles. The number of amidine groups is 1. The van der Waals surface area contributed by atoms with Crippen LogP contribution >= 0.6 is 0 Å². The minimum atomic E-state index is 0.477. The maximum Gasteiger partial charge on any atom is 0.0959 e. The molecule has 1 unspecified atom stereocenters. The Labute approximate surface area is 101 Å². The second-order valence-electron chi connectivity index (χ2n) is 5.78. The van der Waals surface area contributed by atoms with E-state index in [4.69, 9.17) is 0 Å². The molecule has 2 heteroatoms. The molecule has 0 radical (unpaired) electrons. The summed E-state index contributed by atoms with van der Waals surface area (Å²) in [5.41, 5.74) is 0.477. The van der Waals surface area contributed by atoms with E-state index in [1.165, 1.54) is 31.5 Å². The fourth-order valence-electron chi connectivity index (χ4n) is 3.00. The Morgan fingerprint density at radius 2 is 2.06 bits per heavy atom. The van der Waals surface area contributed by atoms with Crippen LogP contribution in [0.1, 0.15) is 60.3 Å². The predicted molar refractivity (Wildman–Crippen MR) is 72.1 cm³/mol. The van der Waals surface area contributed by atoms with E-state index in [1.54, 1.807) is 0 Å². The van der Waals surface area contributed by atoms with Crippen molar-refractivity contribution in [2.75, 3.05) is 13.1 Å². The fourth-order valence-corrected chi connectivity index (χ4v) is 3.00. The minimum absolute atomic E-state index is 0.477. The van der Waals surface area contributed by atoms with E-state index in [1.807, 2.05) is 0 Å². The second-order valence-corrected chi connectivity index (χ2v) is 5.78. The Kier molecular flexibility index (Phi) is 4.82. The molecule has 2 nitrogen and oxygen atoms in total. The highest BCUT2D eigenvalue weighted by Crippen LogP contribution is 2.32. The number of hydrogen-bond donors (Lipinski definition) is 0. The van der Waals surface area contributed by atoms with Crippen molar-refractivity contribution < 1.29 is 0 Å². The van der Waals surface area contributed by atoms with Gasteiger partial charge in [0.05, 0.1) is 5.84 Å². The molecule has 0 saturated heterocycles. The average molecular weight is 224 g/mol. The van der Waals surface area contributed by atoms with Crippen molar-refractivity contribution in [1.82, 2.24) is 4.90 Å². The average Bonchev–Trinajstić information content (AvgIpc) is 2.17. The van der Waals surface area contributed by atoms with Gasteiger partial charge in [0.1, 0.15) is 0 Å². The normalized spacial score (nSPS) is 22.2. The second kappa shape index (κ2) is 5.70. The highest BCUT2D eigenvalue weighted by molar-refractivity contribution is 5.80. The summed E-state index contributed by atoms with van der Waals surface area (Å²) in [6, 6.07) is 0.712. The zero-order valence-electron chi connectivity index (χ0n) is 11.7. The molecule has 0 bridgehead atoms. The van der Waals surface area contributed by atoms with E-state index in [0.717, 1.165) is 13.1 Å². The molecule has 94 valence electrons. The van der Waals surface area contributed by atoms with Crippen molar-refractivity contribution in [2.24, 2.45) is 10.4 Å². The number of nitrogens with zero attached hydrogens (tertiary/aromatic N) is 2. The van der Waals surface area contributed by atoms with Crippen molar-refractivity contribution in [1.29, 1.82) is 0 Å². The number of rotatable bonds is 5. The van der Waals surface area contributed by atoms with Crippen molar-refractivity contribution in [3.8, 4) is 0 Å². The van der Waals surface area contributed by atoms with E-state index in [-0.39, 0.29) is 0 Å². The van der Waals surface area contributed by atoms with Crippen LogP contribution in [-0.4, -0.2) is 29.9 Å². The Hall–Kier alpha value is -0.530. The van der Waals surface area contributed by atoms with Crippen LogP contribution in [0.3, 0.4) is 0 Å². The first-order valence-electron chi connectivity index (χ1n) is 6.78. The van der Waals surface area contributed by atoms with Crippen molar-refractivity contribution >= 4 is 5.84 Å². The first-order chi connectivity index (χ1) is 7.50. The van der Waals surface area contributed by atoms with Gasteiger partial charge in [0.15, 0.2) is 0 Å². The van der Waals surface area contributed by atoms with Crippen LogP contribution in [-0.2, 0) is 0 Å². The lowest BCUT2D eigenvalue weighted by atomic mass is 9.80. The first kappa shape index (κ1) is 13.5. The molecule has 0 saturated carbocycles. The van der Waals surface area contributed by atoms with Crippen LogP contribution in [0.25, 0.3) is 0 Å². The van der Waals surface area contributed by atoms with Crippen LogP contribution in [0.4, 0.5) is 0 Å². The summed E-state index contributed by atoms with van der Waals surface area (Å²) >= 11 is 0. The van der Waals surface area contributed by atoms with Crippen LogP contribution in [0, 0.1) is 5.41 Å². The van der Waals surface area contributed by atoms with Gasteiger partial charge < -0.3 is 4.90 Å². The maximum absolute atomic E-state index is 4.55. The molecule has 1 heterocycles. The summed E-state index contributed by atoms with van der Waals surface area (Å²) in [6.45, 7) is 13.6. The number of hydrogen-bond acceptors (Lipinski definition) is 2.